The van der Waals surface area contributed by atoms with Crippen LogP contribution in [0, 0.1) is 44.1 Å². The van der Waals surface area contributed by atoms with Crippen molar-refractivity contribution in [3.05, 3.63) is 138 Å². The monoisotopic (exact) mass is 854 g/mol. The summed E-state index contributed by atoms with van der Waals surface area (Å²) in [7, 11) is 0. The molecule has 2 unspecified atom stereocenters. The van der Waals surface area contributed by atoms with Gasteiger partial charge in [0.25, 0.3) is 0 Å². The zero-order valence-electron chi connectivity index (χ0n) is 35.2. The third-order valence-corrected chi connectivity index (χ3v) is 10.4. The van der Waals surface area contributed by atoms with E-state index >= 15 is 0 Å². The fourth-order valence-electron chi connectivity index (χ4n) is 7.87. The number of aryl methyl sites for hydroxylation is 3. The molecule has 258 valence electrons. The molecule has 1 fully saturated rings. The summed E-state index contributed by atoms with van der Waals surface area (Å²) >= 11 is 0. The van der Waals surface area contributed by atoms with Crippen LogP contribution in [0.3, 0.4) is 0 Å². The second-order valence-corrected chi connectivity index (χ2v) is 14.6. The van der Waals surface area contributed by atoms with Crippen LogP contribution in [-0.4, -0.2) is 14.5 Å². The van der Waals surface area contributed by atoms with E-state index in [1.807, 2.05) is 83.6 Å². The Morgan fingerprint density at radius 1 is 0.804 bits per heavy atom. The molecule has 4 aromatic carbocycles. The molecule has 4 nitrogen and oxygen atoms in total. The van der Waals surface area contributed by atoms with Gasteiger partial charge in [0.1, 0.15) is 5.82 Å². The van der Waals surface area contributed by atoms with Crippen LogP contribution in [0.1, 0.15) is 76.4 Å². The van der Waals surface area contributed by atoms with Gasteiger partial charge in [-0.2, -0.15) is 6.07 Å². The number of aromatic nitrogens is 3. The fraction of sp³-hybridized carbons (Fsp3) is 0.261. The summed E-state index contributed by atoms with van der Waals surface area (Å²) in [6.07, 6.45) is 6.68. The summed E-state index contributed by atoms with van der Waals surface area (Å²) in [6, 6.07) is 36.2. The van der Waals surface area contributed by atoms with Crippen molar-refractivity contribution in [1.82, 2.24) is 14.5 Å². The maximum absolute atomic E-state index is 8.21. The first kappa shape index (κ1) is 28.1. The van der Waals surface area contributed by atoms with Crippen LogP contribution in [-0.2, 0) is 21.1 Å². The first-order chi connectivity index (χ1) is 26.6. The minimum Gasteiger partial charge on any atom is -0.503 e. The normalized spacial score (nSPS) is 19.2. The topological polar surface area (TPSA) is 39.9 Å². The smallest absolute Gasteiger partial charge is 0.503 e. The van der Waals surface area contributed by atoms with Crippen LogP contribution in [0.25, 0.3) is 50.0 Å². The van der Waals surface area contributed by atoms with Gasteiger partial charge >= 0.3 is 21.1 Å². The summed E-state index contributed by atoms with van der Waals surface area (Å²) in [5, 5.41) is 1.74. The number of benzene rings is 4. The molecule has 51 heavy (non-hydrogen) atoms. The summed E-state index contributed by atoms with van der Waals surface area (Å²) in [4.78, 5) is 9.35. The SMILES string of the molecule is [2H]C([2H])([2H])c1cnc(-n2c3[c-]c(Oc4[c-]c(-c5cc(C6CCC(C)(C)CC6C)c(C)cn5)ccc4)ccc3c3cc(-c4ccccc4)ccc32)cc1C([2H])([2H])[2H].[Pt+2]. The number of ether oxygens (including phenoxy) is 1. The van der Waals surface area contributed by atoms with Gasteiger partial charge in [0.05, 0.1) is 0 Å². The first-order valence-corrected chi connectivity index (χ1v) is 17.3. The van der Waals surface area contributed by atoms with Crippen molar-refractivity contribution in [1.29, 1.82) is 0 Å². The average Bonchev–Trinajstić information content (AvgIpc) is 3.47. The van der Waals surface area contributed by atoms with Crippen molar-refractivity contribution >= 4 is 21.8 Å². The molecule has 0 amide bonds. The Labute approximate surface area is 324 Å². The molecule has 0 spiro atoms. The molecule has 0 radical (unpaired) electrons. The van der Waals surface area contributed by atoms with Gasteiger partial charge in [-0.25, -0.2) is 4.98 Å². The van der Waals surface area contributed by atoms with Gasteiger partial charge in [0, 0.05) is 37.6 Å². The molecule has 1 aliphatic carbocycles. The first-order valence-electron chi connectivity index (χ1n) is 20.3. The van der Waals surface area contributed by atoms with Crippen molar-refractivity contribution in [3.8, 4) is 39.7 Å². The zero-order chi connectivity index (χ0) is 39.6. The van der Waals surface area contributed by atoms with Crippen LogP contribution >= 0.6 is 0 Å². The van der Waals surface area contributed by atoms with Gasteiger partial charge in [0.2, 0.25) is 0 Å². The molecular weight excluding hydrogens is 806 g/mol. The summed E-state index contributed by atoms with van der Waals surface area (Å²) in [6.45, 7) is 3.92. The molecule has 2 atom stereocenters. The molecule has 0 aliphatic heterocycles. The molecule has 3 heterocycles. The second-order valence-electron chi connectivity index (χ2n) is 14.6. The largest absolute Gasteiger partial charge is 2.00 e. The maximum atomic E-state index is 8.21. The van der Waals surface area contributed by atoms with E-state index < -0.39 is 13.7 Å². The number of rotatable bonds is 6. The second kappa shape index (κ2) is 13.9. The van der Waals surface area contributed by atoms with Gasteiger partial charge in [-0.1, -0.05) is 80.9 Å². The minimum absolute atomic E-state index is 0. The van der Waals surface area contributed by atoms with E-state index in [1.165, 1.54) is 30.0 Å². The number of pyridine rings is 2. The zero-order valence-corrected chi connectivity index (χ0v) is 31.4. The minimum atomic E-state index is -2.68. The molecule has 8 rings (SSSR count). The van der Waals surface area contributed by atoms with E-state index in [9.17, 15) is 0 Å². The van der Waals surface area contributed by atoms with E-state index in [0.29, 0.717) is 34.3 Å². The number of fused-ring (bicyclic) bond motifs is 3. The number of hydrogen-bond donors (Lipinski definition) is 0. The van der Waals surface area contributed by atoms with Crippen LogP contribution in [0.4, 0.5) is 0 Å². The van der Waals surface area contributed by atoms with Gasteiger partial charge in [-0.15, -0.1) is 41.3 Å². The van der Waals surface area contributed by atoms with Gasteiger partial charge in [0.15, 0.2) is 0 Å². The Bertz CT molecular complexity index is 2600. The maximum Gasteiger partial charge on any atom is 2.00 e. The Balaban J connectivity index is 0.00000496. The third-order valence-electron chi connectivity index (χ3n) is 10.4. The predicted molar refractivity (Wildman–Crippen MR) is 205 cm³/mol. The molecule has 7 aromatic rings. The molecule has 5 heteroatoms. The summed E-state index contributed by atoms with van der Waals surface area (Å²) < 4.78 is 56.9. The van der Waals surface area contributed by atoms with Gasteiger partial charge in [-0.3, -0.25) is 0 Å². The molecule has 1 saturated carbocycles. The Kier molecular flexibility index (Phi) is 7.65. The van der Waals surface area contributed by atoms with Crippen molar-refractivity contribution in [2.45, 2.75) is 66.6 Å². The van der Waals surface area contributed by atoms with E-state index in [-0.39, 0.29) is 38.0 Å². The predicted octanol–water partition coefficient (Wildman–Crippen LogP) is 12.2. The summed E-state index contributed by atoms with van der Waals surface area (Å²) in [5.41, 5.74) is 7.42. The van der Waals surface area contributed by atoms with Crippen LogP contribution < -0.4 is 4.74 Å². The van der Waals surface area contributed by atoms with Crippen molar-refractivity contribution < 1.29 is 34.0 Å². The van der Waals surface area contributed by atoms with E-state index in [2.05, 4.69) is 56.9 Å². The van der Waals surface area contributed by atoms with E-state index in [0.717, 1.165) is 51.3 Å². The van der Waals surface area contributed by atoms with E-state index in [4.69, 9.17) is 17.9 Å². The molecule has 0 N–H and O–H groups in total. The Hall–Kier alpha value is -4.53. The van der Waals surface area contributed by atoms with Crippen molar-refractivity contribution in [2.24, 2.45) is 11.3 Å². The van der Waals surface area contributed by atoms with E-state index in [1.54, 1.807) is 0 Å². The van der Waals surface area contributed by atoms with Crippen LogP contribution in [0.2, 0.25) is 0 Å². The molecule has 0 bridgehead atoms. The molecule has 0 saturated heterocycles. The van der Waals surface area contributed by atoms with Crippen molar-refractivity contribution in [3.63, 3.8) is 0 Å². The summed E-state index contributed by atoms with van der Waals surface area (Å²) in [5.74, 6) is 2.23. The average molecular weight is 855 g/mol. The Morgan fingerprint density at radius 2 is 1.61 bits per heavy atom. The van der Waals surface area contributed by atoms with Crippen LogP contribution in [0.15, 0.2) is 103 Å². The number of nitrogens with zero attached hydrogens (tertiary/aromatic N) is 3. The van der Waals surface area contributed by atoms with Gasteiger partial charge in [-0.05, 0) is 114 Å². The standard InChI is InChI=1S/C46H43N3O.Pt/c1-29-21-45(48-27-31(29)3)49-43-18-15-34(33-11-8-7-9-12-33)23-41(43)39-17-16-37(24-44(39)49)50-36-14-10-13-35(22-36)42-25-40(32(4)28-47-42)38-19-20-46(5,6)26-30(38)2;/h7-18,21,23,25,27-28,30,38H,19-20,26H2,1-6H3;/q-2;+2/i1D3,3D3;. The number of hydrogen-bond acceptors (Lipinski definition) is 3. The molecule has 3 aromatic heterocycles. The van der Waals surface area contributed by atoms with Crippen molar-refractivity contribution in [2.75, 3.05) is 0 Å². The molecule has 1 aliphatic rings. The van der Waals surface area contributed by atoms with Gasteiger partial charge < -0.3 is 14.3 Å². The fourth-order valence-corrected chi connectivity index (χ4v) is 7.87. The third kappa shape index (κ3) is 6.79. The van der Waals surface area contributed by atoms with Crippen LogP contribution in [0.5, 0.6) is 11.5 Å². The quantitative estimate of drug-likeness (QED) is 0.156. The molecular formula is C46H43N3OPt. The Morgan fingerprint density at radius 3 is 2.41 bits per heavy atom.